The van der Waals surface area contributed by atoms with Crippen LogP contribution >= 0.6 is 0 Å². The van der Waals surface area contributed by atoms with E-state index in [9.17, 15) is 5.11 Å². The number of fused-ring (bicyclic) bond motifs is 3. The van der Waals surface area contributed by atoms with Gasteiger partial charge in [-0.3, -0.25) is 0 Å². The third kappa shape index (κ3) is 2.71. The van der Waals surface area contributed by atoms with Crippen LogP contribution in [0.2, 0.25) is 0 Å². The van der Waals surface area contributed by atoms with Crippen LogP contribution in [0.3, 0.4) is 0 Å². The molecule has 19 heavy (non-hydrogen) atoms. The van der Waals surface area contributed by atoms with E-state index in [0.717, 1.165) is 12.3 Å². The molecule has 0 aromatic heterocycles. The van der Waals surface area contributed by atoms with Gasteiger partial charge in [0.05, 0.1) is 6.61 Å². The van der Waals surface area contributed by atoms with Crippen LogP contribution in [0.1, 0.15) is 31.7 Å². The minimum atomic E-state index is 0.246. The lowest BCUT2D eigenvalue weighted by molar-refractivity contribution is 0.0498. The van der Waals surface area contributed by atoms with E-state index < -0.39 is 0 Å². The van der Waals surface area contributed by atoms with Crippen LogP contribution in [0, 0.1) is 5.92 Å². The second-order valence-corrected chi connectivity index (χ2v) is 5.81. The van der Waals surface area contributed by atoms with E-state index in [1.165, 1.54) is 37.9 Å². The molecule has 3 aliphatic heterocycles. The van der Waals surface area contributed by atoms with Crippen molar-refractivity contribution >= 4 is 0 Å². The topological polar surface area (TPSA) is 32.7 Å². The molecule has 0 aliphatic carbocycles. The Hall–Kier alpha value is -1.22. The summed E-state index contributed by atoms with van der Waals surface area (Å²) in [5.41, 5.74) is 1.28. The van der Waals surface area contributed by atoms with Crippen LogP contribution in [0.25, 0.3) is 0 Å². The standard InChI is InChI=1S/C16H23NO2/c1-2-19-16-11-13(3-4-15(16)18)10-14-9-12-5-7-17(14)8-6-12/h3-4,11-12,14,18H,2,5-10H2,1H3. The Kier molecular flexibility index (Phi) is 3.65. The van der Waals surface area contributed by atoms with E-state index in [1.807, 2.05) is 19.1 Å². The van der Waals surface area contributed by atoms with E-state index in [-0.39, 0.29) is 5.75 Å². The third-order valence-corrected chi connectivity index (χ3v) is 4.57. The number of aromatic hydroxyl groups is 1. The van der Waals surface area contributed by atoms with Gasteiger partial charge >= 0.3 is 0 Å². The lowest BCUT2D eigenvalue weighted by atomic mass is 9.81. The van der Waals surface area contributed by atoms with Gasteiger partial charge in [0.25, 0.3) is 0 Å². The van der Waals surface area contributed by atoms with Gasteiger partial charge in [0.1, 0.15) is 0 Å². The summed E-state index contributed by atoms with van der Waals surface area (Å²) < 4.78 is 5.46. The van der Waals surface area contributed by atoms with Crippen molar-refractivity contribution in [2.45, 2.75) is 38.6 Å². The number of ether oxygens (including phenoxy) is 1. The van der Waals surface area contributed by atoms with E-state index in [0.29, 0.717) is 18.4 Å². The highest BCUT2D eigenvalue weighted by molar-refractivity contribution is 5.42. The number of benzene rings is 1. The van der Waals surface area contributed by atoms with Crippen LogP contribution in [0.15, 0.2) is 18.2 Å². The van der Waals surface area contributed by atoms with Gasteiger partial charge in [0.15, 0.2) is 11.5 Å². The summed E-state index contributed by atoms with van der Waals surface area (Å²) >= 11 is 0. The monoisotopic (exact) mass is 261 g/mol. The van der Waals surface area contributed by atoms with Crippen molar-refractivity contribution in [2.24, 2.45) is 5.92 Å². The summed E-state index contributed by atoms with van der Waals surface area (Å²) in [6, 6.07) is 6.48. The number of hydrogen-bond donors (Lipinski definition) is 1. The molecule has 0 amide bonds. The van der Waals surface area contributed by atoms with Crippen molar-refractivity contribution in [2.75, 3.05) is 19.7 Å². The number of phenolic OH excluding ortho intramolecular Hbond substituents is 1. The Morgan fingerprint density at radius 3 is 2.74 bits per heavy atom. The molecule has 3 aliphatic rings. The Bertz CT molecular complexity index is 438. The van der Waals surface area contributed by atoms with Crippen molar-refractivity contribution in [3.63, 3.8) is 0 Å². The number of rotatable bonds is 4. The molecule has 0 radical (unpaired) electrons. The summed E-state index contributed by atoms with van der Waals surface area (Å²) in [6.07, 6.45) is 5.19. The lowest BCUT2D eigenvalue weighted by Gasteiger charge is -2.45. The molecule has 1 unspecified atom stereocenters. The molecule has 104 valence electrons. The van der Waals surface area contributed by atoms with Crippen LogP contribution in [-0.2, 0) is 6.42 Å². The Labute approximate surface area is 115 Å². The first-order valence-corrected chi connectivity index (χ1v) is 7.45. The lowest BCUT2D eigenvalue weighted by Crippen LogP contribution is -2.49. The van der Waals surface area contributed by atoms with Gasteiger partial charge in [-0.25, -0.2) is 0 Å². The van der Waals surface area contributed by atoms with Gasteiger partial charge in [-0.05, 0) is 69.3 Å². The molecule has 3 heterocycles. The molecule has 1 aromatic rings. The average Bonchev–Trinajstić information content (AvgIpc) is 2.44. The maximum Gasteiger partial charge on any atom is 0.161 e. The highest BCUT2D eigenvalue weighted by Gasteiger charge is 2.33. The normalized spacial score (nSPS) is 29.4. The second kappa shape index (κ2) is 5.41. The van der Waals surface area contributed by atoms with Crippen molar-refractivity contribution in [1.82, 2.24) is 4.90 Å². The maximum atomic E-state index is 9.74. The van der Waals surface area contributed by atoms with Crippen molar-refractivity contribution in [3.8, 4) is 11.5 Å². The molecule has 1 N–H and O–H groups in total. The number of phenols is 1. The third-order valence-electron chi connectivity index (χ3n) is 4.57. The molecular formula is C16H23NO2. The summed E-state index contributed by atoms with van der Waals surface area (Å²) in [4.78, 5) is 2.63. The molecule has 3 saturated heterocycles. The number of piperidine rings is 3. The fraction of sp³-hybridized carbons (Fsp3) is 0.625. The van der Waals surface area contributed by atoms with E-state index in [4.69, 9.17) is 4.74 Å². The highest BCUT2D eigenvalue weighted by Crippen LogP contribution is 2.34. The minimum absolute atomic E-state index is 0.246. The van der Waals surface area contributed by atoms with Crippen molar-refractivity contribution < 1.29 is 9.84 Å². The van der Waals surface area contributed by atoms with Crippen LogP contribution in [0.4, 0.5) is 0 Å². The SMILES string of the molecule is CCOc1cc(CC2CC3CCN2CC3)ccc1O. The minimum Gasteiger partial charge on any atom is -0.504 e. The number of hydrogen-bond acceptors (Lipinski definition) is 3. The smallest absolute Gasteiger partial charge is 0.161 e. The molecule has 1 aromatic carbocycles. The Morgan fingerprint density at radius 1 is 1.32 bits per heavy atom. The fourth-order valence-electron chi connectivity index (χ4n) is 3.53. The van der Waals surface area contributed by atoms with Gasteiger partial charge in [-0.1, -0.05) is 6.07 Å². The summed E-state index contributed by atoms with van der Waals surface area (Å²) in [5.74, 6) is 1.81. The van der Waals surface area contributed by atoms with Gasteiger partial charge in [0.2, 0.25) is 0 Å². The quantitative estimate of drug-likeness (QED) is 0.904. The molecule has 3 fully saturated rings. The van der Waals surface area contributed by atoms with Crippen LogP contribution in [-0.4, -0.2) is 35.7 Å². The predicted molar refractivity (Wildman–Crippen MR) is 75.7 cm³/mol. The van der Waals surface area contributed by atoms with Crippen LogP contribution < -0.4 is 4.74 Å². The molecule has 3 heteroatoms. The van der Waals surface area contributed by atoms with E-state index in [1.54, 1.807) is 6.07 Å². The zero-order valence-electron chi connectivity index (χ0n) is 11.6. The van der Waals surface area contributed by atoms with Gasteiger partial charge < -0.3 is 14.7 Å². The van der Waals surface area contributed by atoms with Gasteiger partial charge in [-0.2, -0.15) is 0 Å². The molecule has 1 atom stereocenters. The fourth-order valence-corrected chi connectivity index (χ4v) is 3.53. The first kappa shape index (κ1) is 12.8. The zero-order valence-corrected chi connectivity index (χ0v) is 11.6. The van der Waals surface area contributed by atoms with Gasteiger partial charge in [0, 0.05) is 6.04 Å². The molecule has 0 spiro atoms. The van der Waals surface area contributed by atoms with E-state index >= 15 is 0 Å². The Balaban J connectivity index is 1.71. The number of nitrogens with zero attached hydrogens (tertiary/aromatic N) is 1. The largest absolute Gasteiger partial charge is 0.504 e. The average molecular weight is 261 g/mol. The van der Waals surface area contributed by atoms with E-state index in [2.05, 4.69) is 4.90 Å². The maximum absolute atomic E-state index is 9.74. The van der Waals surface area contributed by atoms with Gasteiger partial charge in [-0.15, -0.1) is 0 Å². The van der Waals surface area contributed by atoms with Crippen LogP contribution in [0.5, 0.6) is 11.5 Å². The summed E-state index contributed by atoms with van der Waals surface area (Å²) in [5, 5.41) is 9.74. The van der Waals surface area contributed by atoms with Crippen molar-refractivity contribution in [1.29, 1.82) is 0 Å². The molecule has 0 saturated carbocycles. The zero-order chi connectivity index (χ0) is 13.2. The second-order valence-electron chi connectivity index (χ2n) is 5.81. The first-order valence-electron chi connectivity index (χ1n) is 7.45. The first-order chi connectivity index (χ1) is 9.26. The molecule has 4 rings (SSSR count). The molecular weight excluding hydrogens is 238 g/mol. The van der Waals surface area contributed by atoms with Crippen molar-refractivity contribution in [3.05, 3.63) is 23.8 Å². The predicted octanol–water partition coefficient (Wildman–Crippen LogP) is 2.82. The molecule has 3 nitrogen and oxygen atoms in total. The Morgan fingerprint density at radius 2 is 2.11 bits per heavy atom. The highest BCUT2D eigenvalue weighted by atomic mass is 16.5. The summed E-state index contributed by atoms with van der Waals surface area (Å²) in [7, 11) is 0. The molecule has 2 bridgehead atoms. The summed E-state index contributed by atoms with van der Waals surface area (Å²) in [6.45, 7) is 5.07.